The van der Waals surface area contributed by atoms with E-state index < -0.39 is 0 Å². The van der Waals surface area contributed by atoms with Crippen molar-refractivity contribution in [1.82, 2.24) is 4.90 Å². The van der Waals surface area contributed by atoms with Crippen LogP contribution in [0.3, 0.4) is 0 Å². The van der Waals surface area contributed by atoms with Gasteiger partial charge in [0, 0.05) is 18.7 Å². The average molecular weight is 372 g/mol. The summed E-state index contributed by atoms with van der Waals surface area (Å²) in [6, 6.07) is 15.9. The van der Waals surface area contributed by atoms with Crippen molar-refractivity contribution in [1.29, 1.82) is 0 Å². The SMILES string of the molecule is COc1cc(C(=S)N2CC(C)OC(C)C2)ccc1OCc1ccccc1. The molecule has 2 atom stereocenters. The van der Waals surface area contributed by atoms with Crippen LogP contribution in [0.25, 0.3) is 0 Å². The summed E-state index contributed by atoms with van der Waals surface area (Å²) >= 11 is 5.71. The van der Waals surface area contributed by atoms with Gasteiger partial charge in [-0.05, 0) is 37.6 Å². The minimum Gasteiger partial charge on any atom is -0.493 e. The van der Waals surface area contributed by atoms with Crippen molar-refractivity contribution in [2.24, 2.45) is 0 Å². The molecular weight excluding hydrogens is 346 g/mol. The van der Waals surface area contributed by atoms with Crippen LogP contribution < -0.4 is 9.47 Å². The van der Waals surface area contributed by atoms with Crippen LogP contribution in [0.15, 0.2) is 48.5 Å². The van der Waals surface area contributed by atoms with Crippen LogP contribution >= 0.6 is 12.2 Å². The molecule has 4 nitrogen and oxygen atoms in total. The first-order valence-electron chi connectivity index (χ1n) is 8.86. The number of benzene rings is 2. The van der Waals surface area contributed by atoms with E-state index in [0.717, 1.165) is 29.2 Å². The standard InChI is InChI=1S/C21H25NO3S/c1-15-12-22(13-16(2)25-15)21(26)18-9-10-19(20(11-18)23-3)24-14-17-7-5-4-6-8-17/h4-11,15-16H,12-14H2,1-3H3. The van der Waals surface area contributed by atoms with Crippen molar-refractivity contribution in [3.8, 4) is 11.5 Å². The minimum atomic E-state index is 0.173. The Morgan fingerprint density at radius 2 is 1.77 bits per heavy atom. The predicted molar refractivity (Wildman–Crippen MR) is 107 cm³/mol. The first kappa shape index (κ1) is 18.7. The van der Waals surface area contributed by atoms with Gasteiger partial charge < -0.3 is 19.1 Å². The van der Waals surface area contributed by atoms with Crippen LogP contribution in [0, 0.1) is 0 Å². The third-order valence-corrected chi connectivity index (χ3v) is 4.85. The maximum Gasteiger partial charge on any atom is 0.161 e. The average Bonchev–Trinajstić information content (AvgIpc) is 2.65. The Morgan fingerprint density at radius 1 is 1.08 bits per heavy atom. The minimum absolute atomic E-state index is 0.173. The number of methoxy groups -OCH3 is 1. The Bertz CT molecular complexity index is 740. The second-order valence-corrected chi connectivity index (χ2v) is 6.99. The van der Waals surface area contributed by atoms with E-state index in [-0.39, 0.29) is 12.2 Å². The number of morpholine rings is 1. The smallest absolute Gasteiger partial charge is 0.161 e. The molecule has 2 aromatic rings. The number of hydrogen-bond donors (Lipinski definition) is 0. The van der Waals surface area contributed by atoms with Crippen molar-refractivity contribution in [3.63, 3.8) is 0 Å². The molecule has 0 amide bonds. The lowest BCUT2D eigenvalue weighted by Gasteiger charge is -2.37. The molecule has 0 spiro atoms. The summed E-state index contributed by atoms with van der Waals surface area (Å²) in [5.41, 5.74) is 2.08. The second kappa shape index (κ2) is 8.52. The summed E-state index contributed by atoms with van der Waals surface area (Å²) in [7, 11) is 1.65. The lowest BCUT2D eigenvalue weighted by molar-refractivity contribution is -0.0472. The zero-order valence-corrected chi connectivity index (χ0v) is 16.3. The van der Waals surface area contributed by atoms with Crippen LogP contribution in [0.5, 0.6) is 11.5 Å². The predicted octanol–water partition coefficient (Wildman–Crippen LogP) is 4.06. The first-order valence-corrected chi connectivity index (χ1v) is 9.27. The summed E-state index contributed by atoms with van der Waals surface area (Å²) in [5.74, 6) is 1.40. The lowest BCUT2D eigenvalue weighted by atomic mass is 10.1. The normalized spacial score (nSPS) is 19.9. The van der Waals surface area contributed by atoms with Gasteiger partial charge in [-0.15, -0.1) is 0 Å². The van der Waals surface area contributed by atoms with Crippen molar-refractivity contribution in [2.75, 3.05) is 20.2 Å². The van der Waals surface area contributed by atoms with E-state index >= 15 is 0 Å². The molecule has 2 aromatic carbocycles. The van der Waals surface area contributed by atoms with Crippen molar-refractivity contribution < 1.29 is 14.2 Å². The summed E-state index contributed by atoms with van der Waals surface area (Å²) < 4.78 is 17.2. The van der Waals surface area contributed by atoms with Crippen LogP contribution in [0.1, 0.15) is 25.0 Å². The molecule has 3 rings (SSSR count). The Labute approximate surface area is 160 Å². The topological polar surface area (TPSA) is 30.9 Å². The number of rotatable bonds is 5. The molecule has 5 heteroatoms. The molecule has 1 saturated heterocycles. The summed E-state index contributed by atoms with van der Waals surface area (Å²) in [6.07, 6.45) is 0.346. The van der Waals surface area contributed by atoms with Gasteiger partial charge in [0.15, 0.2) is 11.5 Å². The van der Waals surface area contributed by atoms with Gasteiger partial charge in [-0.25, -0.2) is 0 Å². The highest BCUT2D eigenvalue weighted by Gasteiger charge is 2.25. The Balaban J connectivity index is 1.72. The van der Waals surface area contributed by atoms with E-state index in [1.807, 2.05) is 48.5 Å². The number of hydrogen-bond acceptors (Lipinski definition) is 4. The fourth-order valence-corrected chi connectivity index (χ4v) is 3.46. The first-order chi connectivity index (χ1) is 12.6. The highest BCUT2D eigenvalue weighted by atomic mass is 32.1. The van der Waals surface area contributed by atoms with Gasteiger partial charge in [0.05, 0.1) is 19.3 Å². The third kappa shape index (κ3) is 4.54. The summed E-state index contributed by atoms with van der Waals surface area (Å²) in [4.78, 5) is 3.02. The van der Waals surface area contributed by atoms with Crippen LogP contribution in [-0.2, 0) is 11.3 Å². The number of nitrogens with zero attached hydrogens (tertiary/aromatic N) is 1. The van der Waals surface area contributed by atoms with Crippen molar-refractivity contribution in [2.45, 2.75) is 32.7 Å². The monoisotopic (exact) mass is 371 g/mol. The molecule has 2 unspecified atom stereocenters. The second-order valence-electron chi connectivity index (χ2n) is 6.61. The van der Waals surface area contributed by atoms with Gasteiger partial charge in [-0.1, -0.05) is 42.5 Å². The molecule has 0 radical (unpaired) electrons. The zero-order valence-electron chi connectivity index (χ0n) is 15.5. The highest BCUT2D eigenvalue weighted by molar-refractivity contribution is 7.80. The summed E-state index contributed by atoms with van der Waals surface area (Å²) in [5, 5.41) is 0. The summed E-state index contributed by atoms with van der Waals surface area (Å²) in [6.45, 7) is 6.26. The third-order valence-electron chi connectivity index (χ3n) is 4.35. The fourth-order valence-electron chi connectivity index (χ4n) is 3.18. The zero-order chi connectivity index (χ0) is 18.5. The maximum atomic E-state index is 5.93. The Kier molecular flexibility index (Phi) is 6.12. The number of thiocarbonyl (C=S) groups is 1. The molecule has 1 aliphatic rings. The molecule has 0 bridgehead atoms. The van der Waals surface area contributed by atoms with E-state index in [0.29, 0.717) is 18.1 Å². The van der Waals surface area contributed by atoms with Crippen molar-refractivity contribution >= 4 is 17.2 Å². The van der Waals surface area contributed by atoms with E-state index in [9.17, 15) is 0 Å². The molecule has 0 aromatic heterocycles. The molecule has 138 valence electrons. The van der Waals surface area contributed by atoms with Gasteiger partial charge >= 0.3 is 0 Å². The van der Waals surface area contributed by atoms with E-state index in [2.05, 4.69) is 18.7 Å². The molecule has 1 heterocycles. The van der Waals surface area contributed by atoms with E-state index in [1.165, 1.54) is 0 Å². The number of ether oxygens (including phenoxy) is 3. The van der Waals surface area contributed by atoms with Gasteiger partial charge in [-0.2, -0.15) is 0 Å². The molecule has 1 aliphatic heterocycles. The highest BCUT2D eigenvalue weighted by Crippen LogP contribution is 2.30. The molecular formula is C21H25NO3S. The molecule has 26 heavy (non-hydrogen) atoms. The van der Waals surface area contributed by atoms with Crippen LogP contribution in [0.4, 0.5) is 0 Å². The maximum absolute atomic E-state index is 5.93. The Morgan fingerprint density at radius 3 is 2.42 bits per heavy atom. The quantitative estimate of drug-likeness (QED) is 0.740. The lowest BCUT2D eigenvalue weighted by Crippen LogP contribution is -2.47. The van der Waals surface area contributed by atoms with Gasteiger partial charge in [0.1, 0.15) is 11.6 Å². The van der Waals surface area contributed by atoms with Crippen LogP contribution in [0.2, 0.25) is 0 Å². The van der Waals surface area contributed by atoms with Gasteiger partial charge in [-0.3, -0.25) is 0 Å². The molecule has 0 aliphatic carbocycles. The Hall–Kier alpha value is -2.11. The van der Waals surface area contributed by atoms with Gasteiger partial charge in [0.25, 0.3) is 0 Å². The van der Waals surface area contributed by atoms with Gasteiger partial charge in [0.2, 0.25) is 0 Å². The van der Waals surface area contributed by atoms with E-state index in [4.69, 9.17) is 26.4 Å². The molecule has 0 saturated carbocycles. The van der Waals surface area contributed by atoms with Crippen LogP contribution in [-0.4, -0.2) is 42.3 Å². The molecule has 0 N–H and O–H groups in total. The van der Waals surface area contributed by atoms with Crippen molar-refractivity contribution in [3.05, 3.63) is 59.7 Å². The van der Waals surface area contributed by atoms with E-state index in [1.54, 1.807) is 7.11 Å². The largest absolute Gasteiger partial charge is 0.493 e. The fraction of sp³-hybridized carbons (Fsp3) is 0.381. The molecule has 1 fully saturated rings.